The van der Waals surface area contributed by atoms with E-state index in [1.165, 1.54) is 30.3 Å². The van der Waals surface area contributed by atoms with Crippen LogP contribution in [0, 0.1) is 11.6 Å². The first-order valence-corrected chi connectivity index (χ1v) is 6.44. The fraction of sp³-hybridized carbons (Fsp3) is 0.188. The summed E-state index contributed by atoms with van der Waals surface area (Å²) in [6.45, 7) is 0. The molecule has 1 amide bonds. The second kappa shape index (κ2) is 4.71. The molecule has 3 rings (SSSR count). The van der Waals surface area contributed by atoms with Gasteiger partial charge < -0.3 is 5.32 Å². The third-order valence-electron chi connectivity index (χ3n) is 3.60. The minimum Gasteiger partial charge on any atom is -0.342 e. The van der Waals surface area contributed by atoms with Gasteiger partial charge in [-0.05, 0) is 43.2 Å². The summed E-state index contributed by atoms with van der Waals surface area (Å²) in [5.74, 6) is -1.02. The SMILES string of the molecule is O=C(NC1(c2ccccc2F)CC1)c1ccc(F)cc1. The van der Waals surface area contributed by atoms with Crippen molar-refractivity contribution in [1.29, 1.82) is 0 Å². The van der Waals surface area contributed by atoms with Gasteiger partial charge in [-0.25, -0.2) is 8.78 Å². The Bertz CT molecular complexity index is 648. The van der Waals surface area contributed by atoms with Gasteiger partial charge in [0, 0.05) is 11.1 Å². The Morgan fingerprint density at radius 3 is 2.25 bits per heavy atom. The summed E-state index contributed by atoms with van der Waals surface area (Å²) >= 11 is 0. The van der Waals surface area contributed by atoms with Crippen LogP contribution >= 0.6 is 0 Å². The molecule has 0 aromatic heterocycles. The van der Waals surface area contributed by atoms with Crippen molar-refractivity contribution in [2.24, 2.45) is 0 Å². The van der Waals surface area contributed by atoms with Crippen LogP contribution in [-0.2, 0) is 5.54 Å². The molecule has 1 fully saturated rings. The van der Waals surface area contributed by atoms with Gasteiger partial charge in [-0.3, -0.25) is 4.79 Å². The van der Waals surface area contributed by atoms with Gasteiger partial charge >= 0.3 is 0 Å². The minimum absolute atomic E-state index is 0.314. The normalized spacial score (nSPS) is 15.7. The smallest absolute Gasteiger partial charge is 0.251 e. The van der Waals surface area contributed by atoms with Crippen molar-refractivity contribution in [3.05, 3.63) is 71.3 Å². The number of nitrogens with one attached hydrogen (secondary N) is 1. The number of halogens is 2. The molecule has 0 unspecified atom stereocenters. The highest BCUT2D eigenvalue weighted by atomic mass is 19.1. The second-order valence-electron chi connectivity index (χ2n) is 5.02. The largest absolute Gasteiger partial charge is 0.342 e. The van der Waals surface area contributed by atoms with Crippen LogP contribution in [0.1, 0.15) is 28.8 Å². The van der Waals surface area contributed by atoms with Gasteiger partial charge in [-0.15, -0.1) is 0 Å². The summed E-state index contributed by atoms with van der Waals surface area (Å²) in [5, 5.41) is 2.86. The molecule has 0 bridgehead atoms. The van der Waals surface area contributed by atoms with Crippen molar-refractivity contribution in [3.8, 4) is 0 Å². The molecule has 1 saturated carbocycles. The maximum absolute atomic E-state index is 13.8. The Labute approximate surface area is 115 Å². The van der Waals surface area contributed by atoms with Gasteiger partial charge in [0.05, 0.1) is 5.54 Å². The molecular formula is C16H13F2NO. The highest BCUT2D eigenvalue weighted by molar-refractivity contribution is 5.95. The highest BCUT2D eigenvalue weighted by Gasteiger charge is 2.47. The van der Waals surface area contributed by atoms with Crippen molar-refractivity contribution < 1.29 is 13.6 Å². The number of hydrogen-bond donors (Lipinski definition) is 1. The lowest BCUT2D eigenvalue weighted by Crippen LogP contribution is -2.35. The van der Waals surface area contributed by atoms with Gasteiger partial charge in [0.15, 0.2) is 0 Å². The summed E-state index contributed by atoms with van der Waals surface area (Å²) in [6, 6.07) is 11.8. The van der Waals surface area contributed by atoms with E-state index in [0.29, 0.717) is 24.0 Å². The Kier molecular flexibility index (Phi) is 3.01. The number of carbonyl (C=O) groups is 1. The van der Waals surface area contributed by atoms with Crippen LogP contribution in [-0.4, -0.2) is 5.91 Å². The lowest BCUT2D eigenvalue weighted by molar-refractivity contribution is 0.0930. The van der Waals surface area contributed by atoms with Crippen molar-refractivity contribution in [3.63, 3.8) is 0 Å². The van der Waals surface area contributed by atoms with E-state index in [1.807, 2.05) is 0 Å². The Balaban J connectivity index is 1.82. The molecule has 1 N–H and O–H groups in total. The van der Waals surface area contributed by atoms with Crippen LogP contribution in [0.2, 0.25) is 0 Å². The molecule has 0 spiro atoms. The van der Waals surface area contributed by atoms with E-state index in [9.17, 15) is 13.6 Å². The van der Waals surface area contributed by atoms with Crippen molar-refractivity contribution in [1.82, 2.24) is 5.32 Å². The summed E-state index contributed by atoms with van der Waals surface area (Å²) in [6.07, 6.45) is 1.42. The third-order valence-corrected chi connectivity index (χ3v) is 3.60. The first-order valence-electron chi connectivity index (χ1n) is 6.44. The number of amides is 1. The van der Waals surface area contributed by atoms with E-state index in [-0.39, 0.29) is 11.7 Å². The quantitative estimate of drug-likeness (QED) is 0.912. The van der Waals surface area contributed by atoms with Gasteiger partial charge in [-0.2, -0.15) is 0 Å². The lowest BCUT2D eigenvalue weighted by Gasteiger charge is -2.18. The predicted molar refractivity (Wildman–Crippen MR) is 71.2 cm³/mol. The number of hydrogen-bond acceptors (Lipinski definition) is 1. The number of carbonyl (C=O) groups excluding carboxylic acids is 1. The molecule has 1 aliphatic carbocycles. The van der Waals surface area contributed by atoms with Crippen LogP contribution in [0.15, 0.2) is 48.5 Å². The maximum atomic E-state index is 13.8. The van der Waals surface area contributed by atoms with Crippen molar-refractivity contribution in [2.75, 3.05) is 0 Å². The second-order valence-corrected chi connectivity index (χ2v) is 5.02. The molecule has 0 atom stereocenters. The van der Waals surface area contributed by atoms with Gasteiger partial charge in [0.25, 0.3) is 5.91 Å². The van der Waals surface area contributed by atoms with E-state index in [2.05, 4.69) is 5.32 Å². The highest BCUT2D eigenvalue weighted by Crippen LogP contribution is 2.46. The average Bonchev–Trinajstić information content (AvgIpc) is 3.20. The molecule has 102 valence electrons. The van der Waals surface area contributed by atoms with Gasteiger partial charge in [0.2, 0.25) is 0 Å². The fourth-order valence-corrected chi connectivity index (χ4v) is 2.33. The van der Waals surface area contributed by atoms with Crippen LogP contribution in [0.25, 0.3) is 0 Å². The molecule has 4 heteroatoms. The Morgan fingerprint density at radius 1 is 1.00 bits per heavy atom. The monoisotopic (exact) mass is 273 g/mol. The third kappa shape index (κ3) is 2.29. The van der Waals surface area contributed by atoms with Crippen LogP contribution in [0.3, 0.4) is 0 Å². The molecule has 1 aliphatic rings. The summed E-state index contributed by atoms with van der Waals surface area (Å²) < 4.78 is 26.7. The molecule has 0 aliphatic heterocycles. The molecule has 2 nitrogen and oxygen atoms in total. The first kappa shape index (κ1) is 12.8. The zero-order chi connectivity index (χ0) is 14.2. The number of rotatable bonds is 3. The van der Waals surface area contributed by atoms with Crippen molar-refractivity contribution in [2.45, 2.75) is 18.4 Å². The Hall–Kier alpha value is -2.23. The van der Waals surface area contributed by atoms with Gasteiger partial charge in [-0.1, -0.05) is 18.2 Å². The predicted octanol–water partition coefficient (Wildman–Crippen LogP) is 3.38. The Morgan fingerprint density at radius 2 is 1.65 bits per heavy atom. The summed E-state index contributed by atoms with van der Waals surface area (Å²) in [5.41, 5.74) is 0.265. The van der Waals surface area contributed by atoms with Crippen LogP contribution in [0.5, 0.6) is 0 Å². The summed E-state index contributed by atoms with van der Waals surface area (Å²) in [7, 11) is 0. The topological polar surface area (TPSA) is 29.1 Å². The van der Waals surface area contributed by atoms with E-state index < -0.39 is 11.4 Å². The zero-order valence-electron chi connectivity index (χ0n) is 10.7. The summed E-state index contributed by atoms with van der Waals surface area (Å²) in [4.78, 5) is 12.1. The maximum Gasteiger partial charge on any atom is 0.251 e. The van der Waals surface area contributed by atoms with Crippen LogP contribution in [0.4, 0.5) is 8.78 Å². The fourth-order valence-electron chi connectivity index (χ4n) is 2.33. The standard InChI is InChI=1S/C16H13F2NO/c17-12-7-5-11(6-8-12)15(20)19-16(9-10-16)13-3-1-2-4-14(13)18/h1-8H,9-10H2,(H,19,20). The van der Waals surface area contributed by atoms with Crippen molar-refractivity contribution >= 4 is 5.91 Å². The van der Waals surface area contributed by atoms with E-state index in [4.69, 9.17) is 0 Å². The molecule has 0 saturated heterocycles. The molecule has 2 aromatic rings. The molecular weight excluding hydrogens is 260 g/mol. The van der Waals surface area contributed by atoms with Crippen LogP contribution < -0.4 is 5.32 Å². The minimum atomic E-state index is -0.614. The molecule has 0 radical (unpaired) electrons. The van der Waals surface area contributed by atoms with Gasteiger partial charge in [0.1, 0.15) is 11.6 Å². The van der Waals surface area contributed by atoms with E-state index in [1.54, 1.807) is 18.2 Å². The first-order chi connectivity index (χ1) is 9.61. The molecule has 0 heterocycles. The molecule has 20 heavy (non-hydrogen) atoms. The van der Waals surface area contributed by atoms with E-state index in [0.717, 1.165) is 0 Å². The zero-order valence-corrected chi connectivity index (χ0v) is 10.7. The molecule has 2 aromatic carbocycles. The lowest BCUT2D eigenvalue weighted by atomic mass is 10.0. The van der Waals surface area contributed by atoms with E-state index >= 15 is 0 Å². The average molecular weight is 273 g/mol. The number of benzene rings is 2.